The lowest BCUT2D eigenvalue weighted by molar-refractivity contribution is -0.146. The van der Waals surface area contributed by atoms with E-state index in [1.807, 2.05) is 44.1 Å². The highest BCUT2D eigenvalue weighted by molar-refractivity contribution is 6.15. The normalized spacial score (nSPS) is 28.4. The Morgan fingerprint density at radius 1 is 0.947 bits per heavy atom. The van der Waals surface area contributed by atoms with Crippen molar-refractivity contribution in [1.29, 1.82) is 0 Å². The summed E-state index contributed by atoms with van der Waals surface area (Å²) < 4.78 is 27.6. The van der Waals surface area contributed by atoms with Gasteiger partial charge in [0.05, 0.1) is 5.41 Å². The summed E-state index contributed by atoms with van der Waals surface area (Å²) in [5, 5.41) is 3.07. The molecule has 0 saturated carbocycles. The van der Waals surface area contributed by atoms with E-state index >= 15 is 0 Å². The van der Waals surface area contributed by atoms with E-state index in [4.69, 9.17) is 0 Å². The second-order valence-corrected chi connectivity index (χ2v) is 10.9. The van der Waals surface area contributed by atoms with Crippen molar-refractivity contribution in [3.8, 4) is 0 Å². The molecule has 3 aliphatic heterocycles. The van der Waals surface area contributed by atoms with Crippen molar-refractivity contribution in [2.24, 2.45) is 5.41 Å². The molecule has 6 rings (SSSR count). The number of hydrogen-bond acceptors (Lipinski definition) is 4. The van der Waals surface area contributed by atoms with Crippen LogP contribution in [0.5, 0.6) is 0 Å². The van der Waals surface area contributed by atoms with E-state index in [0.29, 0.717) is 36.5 Å². The van der Waals surface area contributed by atoms with E-state index in [1.54, 1.807) is 30.3 Å². The average Bonchev–Trinajstić information content (AvgIpc) is 3.32. The molecule has 5 nitrogen and oxygen atoms in total. The number of likely N-dealkylation sites (N-methyl/N-ethyl adjacent to an activating group) is 2. The van der Waals surface area contributed by atoms with E-state index in [-0.39, 0.29) is 29.2 Å². The summed E-state index contributed by atoms with van der Waals surface area (Å²) in [4.78, 5) is 33.2. The summed E-state index contributed by atoms with van der Waals surface area (Å²) in [5.41, 5.74) is 2.12. The van der Waals surface area contributed by atoms with E-state index in [9.17, 15) is 18.4 Å². The summed E-state index contributed by atoms with van der Waals surface area (Å²) in [5.74, 6) is -1.42. The minimum Gasteiger partial charge on any atom is -0.324 e. The van der Waals surface area contributed by atoms with Crippen molar-refractivity contribution in [1.82, 2.24) is 9.80 Å². The average molecular weight is 514 g/mol. The molecule has 3 aromatic carbocycles. The van der Waals surface area contributed by atoms with Crippen molar-refractivity contribution in [3.05, 3.63) is 106 Å². The van der Waals surface area contributed by atoms with Crippen molar-refractivity contribution >= 4 is 23.5 Å². The maximum atomic E-state index is 14.9. The first kappa shape index (κ1) is 24.6. The predicted molar refractivity (Wildman–Crippen MR) is 143 cm³/mol. The molecule has 1 amide bonds. The maximum Gasteiger partial charge on any atom is 0.250 e. The number of hydrogen-bond donors (Lipinski definition) is 1. The van der Waals surface area contributed by atoms with Crippen LogP contribution in [0.1, 0.15) is 28.2 Å². The molecule has 3 aliphatic rings. The molecule has 0 bridgehead atoms. The van der Waals surface area contributed by atoms with Crippen LogP contribution in [0, 0.1) is 24.0 Å². The largest absolute Gasteiger partial charge is 0.324 e. The number of piperidine rings is 1. The molecule has 0 radical (unpaired) electrons. The minimum absolute atomic E-state index is 0.108. The Balaban J connectivity index is 1.63. The van der Waals surface area contributed by atoms with Crippen LogP contribution in [0.2, 0.25) is 0 Å². The number of rotatable bonds is 2. The number of anilines is 1. The van der Waals surface area contributed by atoms with Gasteiger partial charge < -0.3 is 10.2 Å². The lowest BCUT2D eigenvalue weighted by Gasteiger charge is -2.50. The van der Waals surface area contributed by atoms with E-state index < -0.39 is 11.0 Å². The maximum absolute atomic E-state index is 14.9. The Morgan fingerprint density at radius 3 is 2.29 bits per heavy atom. The van der Waals surface area contributed by atoms with Gasteiger partial charge in [0.15, 0.2) is 5.78 Å². The van der Waals surface area contributed by atoms with Crippen molar-refractivity contribution in [2.45, 2.75) is 18.4 Å². The Kier molecular flexibility index (Phi) is 5.63. The molecule has 194 valence electrons. The predicted octanol–water partition coefficient (Wildman–Crippen LogP) is 4.73. The zero-order valence-electron chi connectivity index (χ0n) is 21.6. The number of amides is 1. The number of nitrogens with one attached hydrogen (secondary N) is 1. The van der Waals surface area contributed by atoms with E-state index in [1.165, 1.54) is 24.3 Å². The standard InChI is InChI=1S/C31H29F2N3O2/c1-19-4-13-27-25(14-19)31(29(38)34-27)30(26(17-36(31)3)21-7-11-24(33)12-8-21)18-35(2)16-22(28(30)37)15-20-5-9-23(32)10-6-20/h4-15,26H,16-18H2,1-3H3,(H,34,38)/b22-15+/t26-,30+,31+/m1/s1. The first-order chi connectivity index (χ1) is 18.2. The summed E-state index contributed by atoms with van der Waals surface area (Å²) in [7, 11) is 3.85. The lowest BCUT2D eigenvalue weighted by Crippen LogP contribution is -2.65. The number of fused-ring (bicyclic) bond motifs is 3. The number of halogens is 2. The molecule has 0 unspecified atom stereocenters. The number of ketones is 1. The van der Waals surface area contributed by atoms with E-state index in [0.717, 1.165) is 16.7 Å². The fourth-order valence-electron chi connectivity index (χ4n) is 7.09. The van der Waals surface area contributed by atoms with Crippen LogP contribution in [0.4, 0.5) is 14.5 Å². The van der Waals surface area contributed by atoms with Crippen LogP contribution in [0.3, 0.4) is 0 Å². The molecule has 3 heterocycles. The van der Waals surface area contributed by atoms with Gasteiger partial charge in [0, 0.05) is 42.4 Å². The smallest absolute Gasteiger partial charge is 0.250 e. The third-order valence-corrected chi connectivity index (χ3v) is 8.55. The highest BCUT2D eigenvalue weighted by Gasteiger charge is 2.74. The molecule has 3 aromatic rings. The van der Waals surface area contributed by atoms with Crippen molar-refractivity contribution < 1.29 is 18.4 Å². The number of nitrogens with zero attached hydrogens (tertiary/aromatic N) is 2. The van der Waals surface area contributed by atoms with Gasteiger partial charge in [-0.15, -0.1) is 0 Å². The highest BCUT2D eigenvalue weighted by atomic mass is 19.1. The molecular weight excluding hydrogens is 484 g/mol. The molecule has 7 heteroatoms. The van der Waals surface area contributed by atoms with E-state index in [2.05, 4.69) is 10.2 Å². The monoisotopic (exact) mass is 513 g/mol. The molecule has 2 fully saturated rings. The topological polar surface area (TPSA) is 52.7 Å². The molecule has 3 atom stereocenters. The zero-order valence-corrected chi connectivity index (χ0v) is 21.6. The first-order valence-corrected chi connectivity index (χ1v) is 12.8. The quantitative estimate of drug-likeness (QED) is 0.504. The summed E-state index contributed by atoms with van der Waals surface area (Å²) in [6.45, 7) is 3.16. The van der Waals surface area contributed by atoms with Crippen molar-refractivity contribution in [3.63, 3.8) is 0 Å². The molecule has 2 spiro atoms. The third kappa shape index (κ3) is 3.35. The zero-order chi connectivity index (χ0) is 26.8. The van der Waals surface area contributed by atoms with Gasteiger partial charge in [0.1, 0.15) is 17.2 Å². The molecule has 0 aromatic heterocycles. The summed E-state index contributed by atoms with van der Waals surface area (Å²) in [6.07, 6.45) is 1.80. The van der Waals surface area contributed by atoms with Crippen LogP contribution in [-0.2, 0) is 15.1 Å². The third-order valence-electron chi connectivity index (χ3n) is 8.55. The van der Waals surface area contributed by atoms with Crippen LogP contribution in [0.15, 0.2) is 72.3 Å². The SMILES string of the molecule is Cc1ccc2c(c1)[C@@]1(C(=O)N2)N(C)C[C@H](c2ccc(F)cc2)[C@]12CN(C)C/C(=C\c1ccc(F)cc1)C2=O. The number of Topliss-reactive ketones (excluding diaryl/α,β-unsaturated/α-hetero) is 1. The first-order valence-electron chi connectivity index (χ1n) is 12.8. The number of carbonyl (C=O) groups is 2. The number of benzene rings is 3. The molecule has 2 saturated heterocycles. The number of aryl methyl sites for hydroxylation is 1. The fraction of sp³-hybridized carbons (Fsp3) is 0.290. The van der Waals surface area contributed by atoms with Crippen molar-refractivity contribution in [2.75, 3.05) is 39.0 Å². The van der Waals surface area contributed by atoms with Crippen LogP contribution in [0.25, 0.3) is 6.08 Å². The number of likely N-dealkylation sites (tertiary alicyclic amines) is 2. The fourth-order valence-corrected chi connectivity index (χ4v) is 7.09. The second kappa shape index (κ2) is 8.68. The van der Waals surface area contributed by atoms with Gasteiger partial charge >= 0.3 is 0 Å². The van der Waals surface area contributed by atoms with Crippen LogP contribution >= 0.6 is 0 Å². The van der Waals surface area contributed by atoms with Gasteiger partial charge in [0.2, 0.25) is 0 Å². The van der Waals surface area contributed by atoms with Crippen LogP contribution < -0.4 is 5.32 Å². The lowest BCUT2D eigenvalue weighted by atomic mass is 9.56. The van der Waals surface area contributed by atoms with Gasteiger partial charge in [-0.05, 0) is 68.6 Å². The molecular formula is C31H29F2N3O2. The highest BCUT2D eigenvalue weighted by Crippen LogP contribution is 2.64. The molecule has 38 heavy (non-hydrogen) atoms. The second-order valence-electron chi connectivity index (χ2n) is 10.9. The molecule has 0 aliphatic carbocycles. The molecule has 1 N–H and O–H groups in total. The minimum atomic E-state index is -1.26. The van der Waals surface area contributed by atoms with Gasteiger partial charge in [0.25, 0.3) is 5.91 Å². The van der Waals surface area contributed by atoms with Crippen LogP contribution in [-0.4, -0.2) is 55.2 Å². The Morgan fingerprint density at radius 2 is 1.61 bits per heavy atom. The number of carbonyl (C=O) groups excluding carboxylic acids is 2. The van der Waals surface area contributed by atoms with Gasteiger partial charge in [-0.3, -0.25) is 14.5 Å². The Labute approximate surface area is 220 Å². The Hall–Kier alpha value is -3.68. The van der Waals surface area contributed by atoms with Gasteiger partial charge in [-0.1, -0.05) is 42.0 Å². The van der Waals surface area contributed by atoms with Gasteiger partial charge in [-0.25, -0.2) is 8.78 Å². The summed E-state index contributed by atoms with van der Waals surface area (Å²) >= 11 is 0. The Bertz CT molecular complexity index is 1480. The van der Waals surface area contributed by atoms with Gasteiger partial charge in [-0.2, -0.15) is 0 Å². The summed E-state index contributed by atoms with van der Waals surface area (Å²) in [6, 6.07) is 18.2.